The molecule has 5 rings (SSSR count). The van der Waals surface area contributed by atoms with Crippen LogP contribution in [0.4, 0.5) is 9.59 Å². The Morgan fingerprint density at radius 2 is 1.23 bits per heavy atom. The zero-order valence-electron chi connectivity index (χ0n) is 11.6. The Labute approximate surface area is 125 Å². The molecule has 8 heteroatoms. The third-order valence-corrected chi connectivity index (χ3v) is 5.21. The average molecular weight is 298 g/mol. The number of rotatable bonds is 0. The fraction of sp³-hybridized carbons (Fsp3) is 0.429. The Morgan fingerprint density at radius 3 is 1.64 bits per heavy atom. The van der Waals surface area contributed by atoms with Crippen molar-refractivity contribution < 1.29 is 9.59 Å². The average Bonchev–Trinajstić information content (AvgIpc) is 2.96. The van der Waals surface area contributed by atoms with Gasteiger partial charge in [-0.25, -0.2) is 9.59 Å². The van der Waals surface area contributed by atoms with Gasteiger partial charge in [-0.1, -0.05) is 12.2 Å². The van der Waals surface area contributed by atoms with E-state index in [9.17, 15) is 9.59 Å². The summed E-state index contributed by atoms with van der Waals surface area (Å²) in [5.41, 5.74) is -0.139. The Balaban J connectivity index is 1.80. The number of hydrogen-bond donors (Lipinski definition) is 4. The van der Waals surface area contributed by atoms with Crippen molar-refractivity contribution in [1.82, 2.24) is 21.3 Å². The highest BCUT2D eigenvalue weighted by Gasteiger charge is 2.75. The van der Waals surface area contributed by atoms with Crippen molar-refractivity contribution in [3.8, 4) is 0 Å². The fourth-order valence-corrected chi connectivity index (χ4v) is 4.45. The highest BCUT2D eigenvalue weighted by molar-refractivity contribution is 6.46. The summed E-state index contributed by atoms with van der Waals surface area (Å²) < 4.78 is 0. The predicted octanol–water partition coefficient (Wildman–Crippen LogP) is -0.0326. The van der Waals surface area contributed by atoms with Gasteiger partial charge in [-0.15, -0.1) is 0 Å². The van der Waals surface area contributed by atoms with Gasteiger partial charge in [0.1, 0.15) is 0 Å². The fourth-order valence-electron chi connectivity index (χ4n) is 4.45. The van der Waals surface area contributed by atoms with Crippen LogP contribution in [0.3, 0.4) is 0 Å². The molecule has 4 amide bonds. The van der Waals surface area contributed by atoms with Crippen LogP contribution in [-0.2, 0) is 0 Å². The molecule has 2 atom stereocenters. The van der Waals surface area contributed by atoms with Crippen LogP contribution >= 0.6 is 0 Å². The van der Waals surface area contributed by atoms with Crippen molar-refractivity contribution in [2.75, 3.05) is 0 Å². The molecule has 4 N–H and O–H groups in total. The molecular formula is C14H14N6O2. The minimum atomic E-state index is -0.917. The molecule has 1 aliphatic carbocycles. The highest BCUT2D eigenvalue weighted by Crippen LogP contribution is 2.48. The minimum absolute atomic E-state index is 0.156. The van der Waals surface area contributed by atoms with Gasteiger partial charge in [0, 0.05) is 12.4 Å². The number of hydrogen-bond acceptors (Lipinski definition) is 4. The van der Waals surface area contributed by atoms with Gasteiger partial charge in [-0.3, -0.25) is 9.98 Å². The monoisotopic (exact) mass is 298 g/mol. The number of urea groups is 2. The van der Waals surface area contributed by atoms with E-state index in [4.69, 9.17) is 0 Å². The SMILES string of the molecule is O=C1NC23NC(=O)NC2(N1)[C@H]1CC=CN=C1C1=NC=CCC13. The number of nitrogens with one attached hydrogen (secondary N) is 4. The number of amides is 4. The van der Waals surface area contributed by atoms with Crippen molar-refractivity contribution in [3.63, 3.8) is 0 Å². The number of nitrogens with zero attached hydrogens (tertiary/aromatic N) is 2. The van der Waals surface area contributed by atoms with E-state index in [1.807, 2.05) is 12.2 Å². The first-order chi connectivity index (χ1) is 10.7. The summed E-state index contributed by atoms with van der Waals surface area (Å²) in [7, 11) is 0. The molecule has 0 radical (unpaired) electrons. The van der Waals surface area contributed by atoms with Gasteiger partial charge in [0.2, 0.25) is 0 Å². The Morgan fingerprint density at radius 1 is 0.818 bits per heavy atom. The van der Waals surface area contributed by atoms with Gasteiger partial charge >= 0.3 is 12.1 Å². The van der Waals surface area contributed by atoms with Crippen LogP contribution in [0.25, 0.3) is 0 Å². The van der Waals surface area contributed by atoms with E-state index in [0.29, 0.717) is 12.8 Å². The first-order valence-electron chi connectivity index (χ1n) is 7.33. The lowest BCUT2D eigenvalue weighted by molar-refractivity contribution is 0.117. The zero-order chi connectivity index (χ0) is 14.9. The quantitative estimate of drug-likeness (QED) is 0.504. The van der Waals surface area contributed by atoms with Crippen LogP contribution in [0, 0.1) is 11.8 Å². The van der Waals surface area contributed by atoms with E-state index < -0.39 is 11.3 Å². The van der Waals surface area contributed by atoms with E-state index in [1.54, 1.807) is 12.4 Å². The minimum Gasteiger partial charge on any atom is -0.311 e. The van der Waals surface area contributed by atoms with Crippen LogP contribution in [0.5, 0.6) is 0 Å². The maximum atomic E-state index is 12.1. The van der Waals surface area contributed by atoms with Gasteiger partial charge in [0.05, 0.1) is 23.3 Å². The Kier molecular flexibility index (Phi) is 1.94. The smallest absolute Gasteiger partial charge is 0.311 e. The molecule has 112 valence electrons. The normalized spacial score (nSPS) is 43.5. The summed E-state index contributed by atoms with van der Waals surface area (Å²) in [6.07, 6.45) is 8.79. The molecule has 5 aliphatic rings. The first kappa shape index (κ1) is 12.0. The third-order valence-electron chi connectivity index (χ3n) is 5.21. The van der Waals surface area contributed by atoms with E-state index in [2.05, 4.69) is 31.3 Å². The standard InChI is InChI=1S/C14H14N6O2/c21-11-17-13-7-3-1-5-15-9(7)10-8(4-2-6-16-10)14(13,19-11)20-12(22)18-13/h1-2,5-8H,3-4H2,(H2,17,19,21)(H2,18,20,22)/t7-,8?,13?,14?/m0/s1. The van der Waals surface area contributed by atoms with Crippen molar-refractivity contribution >= 4 is 23.5 Å². The Bertz CT molecular complexity index is 656. The van der Waals surface area contributed by atoms with E-state index in [-0.39, 0.29) is 23.9 Å². The largest absolute Gasteiger partial charge is 0.318 e. The molecular weight excluding hydrogens is 284 g/mol. The predicted molar refractivity (Wildman–Crippen MR) is 78.2 cm³/mol. The van der Waals surface area contributed by atoms with Gasteiger partial charge in [0.15, 0.2) is 11.3 Å². The molecule has 1 saturated carbocycles. The van der Waals surface area contributed by atoms with Crippen molar-refractivity contribution in [1.29, 1.82) is 0 Å². The third kappa shape index (κ3) is 1.12. The number of fused-ring (bicyclic) bond motifs is 3. The molecule has 4 aliphatic heterocycles. The van der Waals surface area contributed by atoms with Crippen LogP contribution in [0.1, 0.15) is 12.8 Å². The first-order valence-corrected chi connectivity index (χ1v) is 7.33. The molecule has 0 aromatic heterocycles. The maximum Gasteiger partial charge on any atom is 0.318 e. The molecule has 8 nitrogen and oxygen atoms in total. The van der Waals surface area contributed by atoms with E-state index in [0.717, 1.165) is 11.4 Å². The molecule has 0 spiro atoms. The summed E-state index contributed by atoms with van der Waals surface area (Å²) in [4.78, 5) is 33.3. The topological polar surface area (TPSA) is 107 Å². The highest BCUT2D eigenvalue weighted by atomic mass is 16.2. The van der Waals surface area contributed by atoms with Crippen LogP contribution in [0.2, 0.25) is 0 Å². The van der Waals surface area contributed by atoms with Gasteiger partial charge in [-0.2, -0.15) is 0 Å². The summed E-state index contributed by atoms with van der Waals surface area (Å²) in [5, 5.41) is 11.8. The van der Waals surface area contributed by atoms with Crippen molar-refractivity contribution in [2.45, 2.75) is 24.2 Å². The molecule has 2 saturated heterocycles. The van der Waals surface area contributed by atoms with Gasteiger partial charge in [-0.05, 0) is 12.8 Å². The number of carbonyl (C=O) groups excluding carboxylic acids is 2. The summed E-state index contributed by atoms with van der Waals surface area (Å²) in [6, 6.07) is -0.589. The van der Waals surface area contributed by atoms with Crippen molar-refractivity contribution in [3.05, 3.63) is 24.6 Å². The van der Waals surface area contributed by atoms with Crippen LogP contribution in [-0.4, -0.2) is 34.8 Å². The lowest BCUT2D eigenvalue weighted by atomic mass is 9.62. The second-order valence-corrected chi connectivity index (χ2v) is 6.15. The molecule has 1 unspecified atom stereocenters. The Hall–Kier alpha value is -2.64. The van der Waals surface area contributed by atoms with Gasteiger partial charge < -0.3 is 21.3 Å². The molecule has 4 heterocycles. The van der Waals surface area contributed by atoms with Crippen LogP contribution < -0.4 is 21.3 Å². The lowest BCUT2D eigenvalue weighted by Crippen LogP contribution is -2.78. The maximum absolute atomic E-state index is 12.1. The van der Waals surface area contributed by atoms with E-state index in [1.165, 1.54) is 0 Å². The molecule has 22 heavy (non-hydrogen) atoms. The van der Waals surface area contributed by atoms with Crippen LogP contribution in [0.15, 0.2) is 34.5 Å². The van der Waals surface area contributed by atoms with Crippen molar-refractivity contribution in [2.24, 2.45) is 21.8 Å². The summed E-state index contributed by atoms with van der Waals surface area (Å²) in [6.45, 7) is 0. The van der Waals surface area contributed by atoms with E-state index >= 15 is 0 Å². The molecule has 0 bridgehead atoms. The number of carbonyl (C=O) groups is 2. The van der Waals surface area contributed by atoms with Gasteiger partial charge in [0.25, 0.3) is 0 Å². The molecule has 3 fully saturated rings. The number of allylic oxidation sites excluding steroid dienone is 2. The second kappa shape index (κ2) is 3.57. The summed E-state index contributed by atoms with van der Waals surface area (Å²) >= 11 is 0. The second-order valence-electron chi connectivity index (χ2n) is 6.15. The molecule has 0 aromatic carbocycles. The molecule has 0 aromatic rings. The summed E-state index contributed by atoms with van der Waals surface area (Å²) in [5.74, 6) is -0.311. The number of aliphatic imine (C=N–C) groups is 2. The lowest BCUT2D eigenvalue weighted by Gasteiger charge is -2.52. The zero-order valence-corrected chi connectivity index (χ0v) is 11.6.